The summed E-state index contributed by atoms with van der Waals surface area (Å²) in [5, 5.41) is 0. The summed E-state index contributed by atoms with van der Waals surface area (Å²) in [6.45, 7) is 0. The molecule has 2 aromatic rings. The molecule has 0 aliphatic rings. The summed E-state index contributed by atoms with van der Waals surface area (Å²) in [6, 6.07) is 19.4. The fourth-order valence-electron chi connectivity index (χ4n) is 1.71. The van der Waals surface area contributed by atoms with Crippen LogP contribution < -0.4 is 0 Å². The predicted octanol–water partition coefficient (Wildman–Crippen LogP) is 4.26. The fourth-order valence-corrected chi connectivity index (χ4v) is 2.15. The molecular weight excluding hydrogens is 212 g/mol. The van der Waals surface area contributed by atoms with Crippen molar-refractivity contribution >= 4 is 11.8 Å². The second-order valence-electron chi connectivity index (χ2n) is 3.81. The van der Waals surface area contributed by atoms with Crippen LogP contribution >= 0.6 is 11.8 Å². The highest BCUT2D eigenvalue weighted by atomic mass is 32.2. The third kappa shape index (κ3) is 2.89. The molecule has 82 valence electrons. The zero-order valence-electron chi connectivity index (χ0n) is 9.52. The summed E-state index contributed by atoms with van der Waals surface area (Å²) in [5.41, 5.74) is 4.02. The van der Waals surface area contributed by atoms with Crippen LogP contribution in [0.4, 0.5) is 0 Å². The Morgan fingerprint density at radius 3 is 2.06 bits per heavy atom. The third-order valence-electron chi connectivity index (χ3n) is 2.66. The number of benzene rings is 2. The van der Waals surface area contributed by atoms with Gasteiger partial charge in [-0.1, -0.05) is 54.6 Å². The van der Waals surface area contributed by atoms with E-state index in [4.69, 9.17) is 0 Å². The second kappa shape index (κ2) is 5.76. The highest BCUT2D eigenvalue weighted by Crippen LogP contribution is 2.19. The molecule has 0 radical (unpaired) electrons. The molecule has 0 amide bonds. The lowest BCUT2D eigenvalue weighted by atomic mass is 10.0. The first kappa shape index (κ1) is 11.3. The molecule has 2 rings (SSSR count). The van der Waals surface area contributed by atoms with E-state index in [0.717, 1.165) is 6.42 Å². The van der Waals surface area contributed by atoms with Crippen LogP contribution in [0.15, 0.2) is 54.6 Å². The standard InChI is InChI=1S/C15H16S/c1-16-12-11-13-7-9-15(10-8-13)14-5-3-2-4-6-14/h2-10H,11-12H2,1H3. The van der Waals surface area contributed by atoms with E-state index in [2.05, 4.69) is 60.9 Å². The van der Waals surface area contributed by atoms with Crippen LogP contribution in [0, 0.1) is 0 Å². The molecular formula is C15H16S. The molecule has 0 aromatic heterocycles. The van der Waals surface area contributed by atoms with E-state index in [-0.39, 0.29) is 0 Å². The first-order valence-corrected chi connectivity index (χ1v) is 6.93. The zero-order valence-corrected chi connectivity index (χ0v) is 10.3. The Morgan fingerprint density at radius 2 is 1.44 bits per heavy atom. The molecule has 0 fully saturated rings. The first-order valence-electron chi connectivity index (χ1n) is 5.53. The van der Waals surface area contributed by atoms with Crippen LogP contribution in [-0.4, -0.2) is 12.0 Å². The van der Waals surface area contributed by atoms with Crippen molar-refractivity contribution in [2.24, 2.45) is 0 Å². The summed E-state index contributed by atoms with van der Waals surface area (Å²) in [4.78, 5) is 0. The van der Waals surface area contributed by atoms with E-state index in [1.165, 1.54) is 22.4 Å². The minimum absolute atomic E-state index is 1.16. The van der Waals surface area contributed by atoms with Crippen molar-refractivity contribution in [2.45, 2.75) is 6.42 Å². The van der Waals surface area contributed by atoms with E-state index in [9.17, 15) is 0 Å². The normalized spacial score (nSPS) is 10.3. The lowest BCUT2D eigenvalue weighted by Gasteiger charge is -2.03. The largest absolute Gasteiger partial charge is 0.165 e. The molecule has 0 unspecified atom stereocenters. The summed E-state index contributed by atoms with van der Waals surface area (Å²) in [5.74, 6) is 1.20. The van der Waals surface area contributed by atoms with Crippen LogP contribution in [0.1, 0.15) is 5.56 Å². The monoisotopic (exact) mass is 228 g/mol. The summed E-state index contributed by atoms with van der Waals surface area (Å²) < 4.78 is 0. The second-order valence-corrected chi connectivity index (χ2v) is 4.79. The maximum Gasteiger partial charge on any atom is -0.00298 e. The van der Waals surface area contributed by atoms with Crippen LogP contribution in [-0.2, 0) is 6.42 Å². The van der Waals surface area contributed by atoms with Gasteiger partial charge in [0, 0.05) is 0 Å². The van der Waals surface area contributed by atoms with Crippen molar-refractivity contribution in [3.63, 3.8) is 0 Å². The number of aryl methyl sites for hydroxylation is 1. The lowest BCUT2D eigenvalue weighted by molar-refractivity contribution is 1.16. The van der Waals surface area contributed by atoms with E-state index < -0.39 is 0 Å². The Bertz CT molecular complexity index is 417. The summed E-state index contributed by atoms with van der Waals surface area (Å²) >= 11 is 1.90. The Labute approximate surface area is 102 Å². The van der Waals surface area contributed by atoms with Crippen molar-refractivity contribution in [1.82, 2.24) is 0 Å². The molecule has 1 heteroatoms. The average Bonchev–Trinajstić information content (AvgIpc) is 2.38. The molecule has 0 heterocycles. The van der Waals surface area contributed by atoms with Crippen LogP contribution in [0.3, 0.4) is 0 Å². The Morgan fingerprint density at radius 1 is 0.812 bits per heavy atom. The molecule has 0 aliphatic carbocycles. The summed E-state index contributed by atoms with van der Waals surface area (Å²) in [6.07, 6.45) is 3.31. The molecule has 0 bridgehead atoms. The lowest BCUT2D eigenvalue weighted by Crippen LogP contribution is -1.87. The zero-order chi connectivity index (χ0) is 11.2. The number of rotatable bonds is 4. The van der Waals surface area contributed by atoms with Gasteiger partial charge in [-0.2, -0.15) is 11.8 Å². The maximum absolute atomic E-state index is 2.23. The highest BCUT2D eigenvalue weighted by Gasteiger charge is 1.96. The maximum atomic E-state index is 2.23. The molecule has 0 N–H and O–H groups in total. The fraction of sp³-hybridized carbons (Fsp3) is 0.200. The average molecular weight is 228 g/mol. The molecule has 0 saturated carbocycles. The predicted molar refractivity (Wildman–Crippen MR) is 74.0 cm³/mol. The minimum atomic E-state index is 1.16. The van der Waals surface area contributed by atoms with Crippen molar-refractivity contribution in [3.05, 3.63) is 60.2 Å². The SMILES string of the molecule is CSCCc1ccc(-c2ccccc2)cc1. The van der Waals surface area contributed by atoms with Gasteiger partial charge >= 0.3 is 0 Å². The van der Waals surface area contributed by atoms with Crippen molar-refractivity contribution in [2.75, 3.05) is 12.0 Å². The van der Waals surface area contributed by atoms with Gasteiger partial charge in [-0.15, -0.1) is 0 Å². The van der Waals surface area contributed by atoms with Crippen LogP contribution in [0.25, 0.3) is 11.1 Å². The van der Waals surface area contributed by atoms with Crippen molar-refractivity contribution < 1.29 is 0 Å². The van der Waals surface area contributed by atoms with Gasteiger partial charge < -0.3 is 0 Å². The highest BCUT2D eigenvalue weighted by molar-refractivity contribution is 7.98. The van der Waals surface area contributed by atoms with E-state index in [0.29, 0.717) is 0 Å². The molecule has 0 spiro atoms. The van der Waals surface area contributed by atoms with Gasteiger partial charge in [0.05, 0.1) is 0 Å². The van der Waals surface area contributed by atoms with Gasteiger partial charge in [0.25, 0.3) is 0 Å². The van der Waals surface area contributed by atoms with Crippen molar-refractivity contribution in [1.29, 1.82) is 0 Å². The first-order chi connectivity index (χ1) is 7.90. The van der Waals surface area contributed by atoms with Crippen LogP contribution in [0.2, 0.25) is 0 Å². The third-order valence-corrected chi connectivity index (χ3v) is 3.27. The molecule has 0 saturated heterocycles. The van der Waals surface area contributed by atoms with Crippen molar-refractivity contribution in [3.8, 4) is 11.1 Å². The minimum Gasteiger partial charge on any atom is -0.165 e. The van der Waals surface area contributed by atoms with E-state index >= 15 is 0 Å². The quantitative estimate of drug-likeness (QED) is 0.753. The van der Waals surface area contributed by atoms with Crippen LogP contribution in [0.5, 0.6) is 0 Å². The van der Waals surface area contributed by atoms with Gasteiger partial charge in [0.15, 0.2) is 0 Å². The van der Waals surface area contributed by atoms with E-state index in [1.54, 1.807) is 0 Å². The van der Waals surface area contributed by atoms with Gasteiger partial charge in [0.1, 0.15) is 0 Å². The Balaban J connectivity index is 2.13. The van der Waals surface area contributed by atoms with Gasteiger partial charge in [0.2, 0.25) is 0 Å². The molecule has 0 atom stereocenters. The van der Waals surface area contributed by atoms with Gasteiger partial charge in [-0.3, -0.25) is 0 Å². The summed E-state index contributed by atoms with van der Waals surface area (Å²) in [7, 11) is 0. The molecule has 0 nitrogen and oxygen atoms in total. The number of hydrogen-bond donors (Lipinski definition) is 0. The smallest absolute Gasteiger partial charge is 0.00298 e. The number of thioether (sulfide) groups is 1. The van der Waals surface area contributed by atoms with Gasteiger partial charge in [-0.05, 0) is 35.1 Å². The van der Waals surface area contributed by atoms with E-state index in [1.807, 2.05) is 11.8 Å². The molecule has 0 aliphatic heterocycles. The topological polar surface area (TPSA) is 0 Å². The Kier molecular flexibility index (Phi) is 4.06. The molecule has 16 heavy (non-hydrogen) atoms. The molecule has 2 aromatic carbocycles. The van der Waals surface area contributed by atoms with Gasteiger partial charge in [-0.25, -0.2) is 0 Å². The Hall–Kier alpha value is -1.21. The number of hydrogen-bond acceptors (Lipinski definition) is 1.